The number of benzene rings is 1. The minimum absolute atomic E-state index is 0.00234. The molecule has 1 aliphatic heterocycles. The average Bonchev–Trinajstić information content (AvgIpc) is 3.63. The zero-order chi connectivity index (χ0) is 28.4. The van der Waals surface area contributed by atoms with Crippen molar-refractivity contribution >= 4 is 52.0 Å². The molecule has 1 aromatic heterocycles. The van der Waals surface area contributed by atoms with Gasteiger partial charge in [0.1, 0.15) is 12.6 Å². The Labute approximate surface area is 238 Å². The van der Waals surface area contributed by atoms with Crippen molar-refractivity contribution in [3.8, 4) is 0 Å². The maximum atomic E-state index is 14.1. The molecule has 3 aliphatic rings. The van der Waals surface area contributed by atoms with E-state index >= 15 is 0 Å². The first-order valence-corrected chi connectivity index (χ1v) is 14.5. The quantitative estimate of drug-likeness (QED) is 0.411. The lowest BCUT2D eigenvalue weighted by Gasteiger charge is -2.37. The highest BCUT2D eigenvalue weighted by Crippen LogP contribution is 2.39. The van der Waals surface area contributed by atoms with Crippen LogP contribution in [0.25, 0.3) is 0 Å². The third-order valence-corrected chi connectivity index (χ3v) is 8.74. The number of halogens is 4. The van der Waals surface area contributed by atoms with E-state index in [0.29, 0.717) is 21.7 Å². The molecule has 5 rings (SSSR count). The highest BCUT2D eigenvalue weighted by Gasteiger charge is 2.40. The minimum Gasteiger partial charge on any atom is -0.370 e. The van der Waals surface area contributed by atoms with Crippen LogP contribution >= 0.6 is 22.9 Å². The molecular formula is C27H30ClF3N4O4S. The van der Waals surface area contributed by atoms with Gasteiger partial charge in [-0.05, 0) is 61.9 Å². The number of nitrogens with zero attached hydrogens (tertiary/aromatic N) is 2. The Morgan fingerprint density at radius 1 is 1.18 bits per heavy atom. The summed E-state index contributed by atoms with van der Waals surface area (Å²) >= 11 is 7.08. The van der Waals surface area contributed by atoms with Crippen LogP contribution in [0.4, 0.5) is 24.5 Å². The Hall–Kier alpha value is -2.67. The number of ether oxygens (including phenoxy) is 1. The smallest absolute Gasteiger partial charge is 0.370 e. The Morgan fingerprint density at radius 2 is 1.95 bits per heavy atom. The van der Waals surface area contributed by atoms with E-state index in [2.05, 4.69) is 15.5 Å². The van der Waals surface area contributed by atoms with Crippen molar-refractivity contribution in [2.75, 3.05) is 43.1 Å². The number of thiophene rings is 1. The van der Waals surface area contributed by atoms with Gasteiger partial charge in [-0.3, -0.25) is 19.3 Å². The molecule has 13 heteroatoms. The maximum Gasteiger partial charge on any atom is 0.418 e. The lowest BCUT2D eigenvalue weighted by Crippen LogP contribution is -2.53. The van der Waals surface area contributed by atoms with Crippen molar-refractivity contribution in [1.82, 2.24) is 10.2 Å². The van der Waals surface area contributed by atoms with E-state index in [4.69, 9.17) is 16.3 Å². The normalized spacial score (nSPS) is 18.9. The van der Waals surface area contributed by atoms with E-state index in [-0.39, 0.29) is 49.6 Å². The first-order valence-electron chi connectivity index (χ1n) is 13.3. The molecule has 3 amide bonds. The Morgan fingerprint density at radius 3 is 2.55 bits per heavy atom. The van der Waals surface area contributed by atoms with Gasteiger partial charge in [0.2, 0.25) is 5.91 Å². The molecule has 40 heavy (non-hydrogen) atoms. The number of alkyl halides is 3. The van der Waals surface area contributed by atoms with Crippen molar-refractivity contribution < 1.29 is 32.3 Å². The van der Waals surface area contributed by atoms with Crippen LogP contribution in [0, 0.1) is 5.92 Å². The Balaban J connectivity index is 1.37. The highest BCUT2D eigenvalue weighted by atomic mass is 35.5. The van der Waals surface area contributed by atoms with Gasteiger partial charge in [0.05, 0.1) is 27.1 Å². The first-order chi connectivity index (χ1) is 19.1. The summed E-state index contributed by atoms with van der Waals surface area (Å²) in [5.41, 5.74) is -1.34. The van der Waals surface area contributed by atoms with Gasteiger partial charge in [-0.1, -0.05) is 18.0 Å². The average molecular weight is 599 g/mol. The molecule has 216 valence electrons. The SMILES string of the molecule is O=C(NC[C@H](C(=O)Nc1ccc(N2CCOCC2=O)c(C(F)(F)F)c1)N(CC1CCC1)C1CC1)c1ccc(Cl)s1. The summed E-state index contributed by atoms with van der Waals surface area (Å²) in [5.74, 6) is -0.982. The molecule has 2 heterocycles. The third-order valence-electron chi connectivity index (χ3n) is 7.51. The van der Waals surface area contributed by atoms with Crippen molar-refractivity contribution in [2.45, 2.75) is 50.4 Å². The summed E-state index contributed by atoms with van der Waals surface area (Å²) in [4.78, 5) is 42.2. The molecule has 0 spiro atoms. The Bertz CT molecular complexity index is 1260. The zero-order valence-corrected chi connectivity index (χ0v) is 23.2. The third kappa shape index (κ3) is 6.79. The van der Waals surface area contributed by atoms with Gasteiger partial charge in [-0.2, -0.15) is 13.2 Å². The van der Waals surface area contributed by atoms with E-state index in [0.717, 1.165) is 54.4 Å². The number of rotatable bonds is 10. The number of carbonyl (C=O) groups excluding carboxylic acids is 3. The molecule has 0 bridgehead atoms. The molecule has 1 atom stereocenters. The van der Waals surface area contributed by atoms with Crippen LogP contribution in [0.3, 0.4) is 0 Å². The molecular weight excluding hydrogens is 569 g/mol. The van der Waals surface area contributed by atoms with Gasteiger partial charge < -0.3 is 20.3 Å². The van der Waals surface area contributed by atoms with E-state index in [1.165, 1.54) is 12.1 Å². The number of hydrogen-bond donors (Lipinski definition) is 2. The standard InChI is InChI=1S/C27H30ClF3N4O4S/c28-23-9-8-22(40-23)26(38)32-13-21(35(18-5-6-18)14-16-2-1-3-16)25(37)33-17-4-7-20(19(12-17)27(29,30)31)34-10-11-39-15-24(34)36/h4,7-9,12,16,18,21H,1-3,5-6,10-11,13-15H2,(H,32,38)(H,33,37)/t21-/m1/s1. The molecule has 1 saturated heterocycles. The fourth-order valence-electron chi connectivity index (χ4n) is 5.06. The van der Waals surface area contributed by atoms with E-state index in [1.807, 2.05) is 0 Å². The van der Waals surface area contributed by atoms with Gasteiger partial charge in [0.15, 0.2) is 0 Å². The summed E-state index contributed by atoms with van der Waals surface area (Å²) in [7, 11) is 0. The second-order valence-corrected chi connectivity index (χ2v) is 12.1. The van der Waals surface area contributed by atoms with Crippen LogP contribution in [-0.4, -0.2) is 67.6 Å². The van der Waals surface area contributed by atoms with Gasteiger partial charge in [0, 0.05) is 31.4 Å². The van der Waals surface area contributed by atoms with Crippen LogP contribution < -0.4 is 15.5 Å². The van der Waals surface area contributed by atoms with Crippen molar-refractivity contribution in [3.63, 3.8) is 0 Å². The molecule has 2 aromatic rings. The molecule has 3 fully saturated rings. The fourth-order valence-corrected chi connectivity index (χ4v) is 6.02. The van der Waals surface area contributed by atoms with Crippen LogP contribution in [0.15, 0.2) is 30.3 Å². The van der Waals surface area contributed by atoms with Crippen LogP contribution in [-0.2, 0) is 20.5 Å². The monoisotopic (exact) mass is 598 g/mol. The number of carbonyl (C=O) groups is 3. The van der Waals surface area contributed by atoms with Crippen molar-refractivity contribution in [2.24, 2.45) is 5.92 Å². The summed E-state index contributed by atoms with van der Waals surface area (Å²) in [6.45, 7) is 0.525. The largest absolute Gasteiger partial charge is 0.418 e. The number of morpholine rings is 1. The van der Waals surface area contributed by atoms with Crippen LogP contribution in [0.2, 0.25) is 4.34 Å². The van der Waals surface area contributed by atoms with E-state index in [1.54, 1.807) is 12.1 Å². The van der Waals surface area contributed by atoms with E-state index < -0.39 is 29.6 Å². The van der Waals surface area contributed by atoms with Gasteiger partial charge in [-0.15, -0.1) is 11.3 Å². The van der Waals surface area contributed by atoms with Gasteiger partial charge in [0.25, 0.3) is 11.8 Å². The second-order valence-electron chi connectivity index (χ2n) is 10.4. The zero-order valence-electron chi connectivity index (χ0n) is 21.6. The van der Waals surface area contributed by atoms with Crippen molar-refractivity contribution in [1.29, 1.82) is 0 Å². The fraction of sp³-hybridized carbons (Fsp3) is 0.519. The molecule has 0 radical (unpaired) electrons. The highest BCUT2D eigenvalue weighted by molar-refractivity contribution is 7.18. The lowest BCUT2D eigenvalue weighted by atomic mass is 9.84. The lowest BCUT2D eigenvalue weighted by molar-refractivity contribution is -0.137. The number of anilines is 2. The molecule has 2 saturated carbocycles. The molecule has 2 aliphatic carbocycles. The second kappa shape index (κ2) is 12.1. The van der Waals surface area contributed by atoms with Gasteiger partial charge >= 0.3 is 6.18 Å². The number of amides is 3. The van der Waals surface area contributed by atoms with Crippen molar-refractivity contribution in [3.05, 3.63) is 45.1 Å². The molecule has 0 unspecified atom stereocenters. The summed E-state index contributed by atoms with van der Waals surface area (Å²) < 4.78 is 47.7. The number of hydrogen-bond acceptors (Lipinski definition) is 6. The predicted molar refractivity (Wildman–Crippen MR) is 146 cm³/mol. The van der Waals surface area contributed by atoms with Crippen LogP contribution in [0.1, 0.15) is 47.3 Å². The maximum absolute atomic E-state index is 14.1. The van der Waals surface area contributed by atoms with Crippen LogP contribution in [0.5, 0.6) is 0 Å². The minimum atomic E-state index is -4.76. The topological polar surface area (TPSA) is 91.0 Å². The Kier molecular flexibility index (Phi) is 8.69. The summed E-state index contributed by atoms with van der Waals surface area (Å²) in [5, 5.41) is 5.48. The first kappa shape index (κ1) is 28.8. The van der Waals surface area contributed by atoms with E-state index in [9.17, 15) is 27.6 Å². The van der Waals surface area contributed by atoms with Gasteiger partial charge in [-0.25, -0.2) is 0 Å². The molecule has 2 N–H and O–H groups in total. The summed E-state index contributed by atoms with van der Waals surface area (Å²) in [6.07, 6.45) is 0.349. The molecule has 1 aromatic carbocycles. The predicted octanol–water partition coefficient (Wildman–Crippen LogP) is 4.79. The number of nitrogens with one attached hydrogen (secondary N) is 2. The molecule has 8 nitrogen and oxygen atoms in total. The summed E-state index contributed by atoms with van der Waals surface area (Å²) in [6, 6.07) is 6.04.